The average Bonchev–Trinajstić information content (AvgIpc) is 2.75. The average molecular weight is 295 g/mol. The standard InChI is InChI=1S/C18H21N3O/c1-19-16-8-5-9-17(14-6-3-2-4-7-14)21(18(16)22)15-10-12-20-13-11-15/h2-4,6-7,10-13,16-17,19H,5,8-9H2,1H3. The Hall–Kier alpha value is -2.20. The molecular weight excluding hydrogens is 274 g/mol. The molecule has 4 nitrogen and oxygen atoms in total. The Bertz CT molecular complexity index is 615. The van der Waals surface area contributed by atoms with E-state index in [9.17, 15) is 4.79 Å². The Morgan fingerprint density at radius 2 is 1.82 bits per heavy atom. The zero-order valence-electron chi connectivity index (χ0n) is 12.8. The van der Waals surface area contributed by atoms with Crippen LogP contribution in [0.4, 0.5) is 5.69 Å². The molecule has 0 spiro atoms. The van der Waals surface area contributed by atoms with Crippen LogP contribution < -0.4 is 10.2 Å². The minimum absolute atomic E-state index is 0.0782. The molecule has 114 valence electrons. The third kappa shape index (κ3) is 2.88. The Morgan fingerprint density at radius 3 is 2.50 bits per heavy atom. The third-order valence-corrected chi connectivity index (χ3v) is 4.29. The van der Waals surface area contributed by atoms with Crippen LogP contribution in [0.5, 0.6) is 0 Å². The highest BCUT2D eigenvalue weighted by atomic mass is 16.2. The summed E-state index contributed by atoms with van der Waals surface area (Å²) in [6, 6.07) is 14.1. The quantitative estimate of drug-likeness (QED) is 0.947. The second-order valence-corrected chi connectivity index (χ2v) is 5.61. The van der Waals surface area contributed by atoms with Crippen LogP contribution in [0.3, 0.4) is 0 Å². The van der Waals surface area contributed by atoms with Gasteiger partial charge >= 0.3 is 0 Å². The smallest absolute Gasteiger partial charge is 0.244 e. The number of aromatic nitrogens is 1. The van der Waals surface area contributed by atoms with E-state index < -0.39 is 0 Å². The second kappa shape index (κ2) is 6.71. The molecule has 0 aliphatic carbocycles. The summed E-state index contributed by atoms with van der Waals surface area (Å²) in [6.07, 6.45) is 6.35. The molecule has 2 aromatic rings. The van der Waals surface area contributed by atoms with Crippen LogP contribution in [0.1, 0.15) is 30.9 Å². The van der Waals surface area contributed by atoms with Gasteiger partial charge in [0, 0.05) is 18.1 Å². The van der Waals surface area contributed by atoms with E-state index in [0.29, 0.717) is 0 Å². The number of hydrogen-bond acceptors (Lipinski definition) is 3. The molecule has 3 rings (SSSR count). The van der Waals surface area contributed by atoms with Crippen molar-refractivity contribution in [2.45, 2.75) is 31.3 Å². The highest BCUT2D eigenvalue weighted by Crippen LogP contribution is 2.34. The van der Waals surface area contributed by atoms with Crippen molar-refractivity contribution in [2.75, 3.05) is 11.9 Å². The minimum Gasteiger partial charge on any atom is -0.309 e. The number of anilines is 1. The van der Waals surface area contributed by atoms with Crippen molar-refractivity contribution >= 4 is 11.6 Å². The van der Waals surface area contributed by atoms with E-state index in [1.165, 1.54) is 5.56 Å². The lowest BCUT2D eigenvalue weighted by atomic mass is 10.0. The topological polar surface area (TPSA) is 45.2 Å². The van der Waals surface area contributed by atoms with Crippen LogP contribution in [0.15, 0.2) is 54.9 Å². The summed E-state index contributed by atoms with van der Waals surface area (Å²) in [4.78, 5) is 19.0. The molecule has 1 N–H and O–H groups in total. The lowest BCUT2D eigenvalue weighted by Gasteiger charge is -2.32. The van der Waals surface area contributed by atoms with Gasteiger partial charge in [0.2, 0.25) is 5.91 Å². The van der Waals surface area contributed by atoms with Crippen LogP contribution in [0.25, 0.3) is 0 Å². The number of amides is 1. The summed E-state index contributed by atoms with van der Waals surface area (Å²) in [6.45, 7) is 0. The molecule has 0 saturated carbocycles. The summed E-state index contributed by atoms with van der Waals surface area (Å²) in [5.41, 5.74) is 2.10. The van der Waals surface area contributed by atoms with Gasteiger partial charge in [-0.2, -0.15) is 0 Å². The lowest BCUT2D eigenvalue weighted by molar-refractivity contribution is -0.120. The molecule has 1 saturated heterocycles. The molecule has 22 heavy (non-hydrogen) atoms. The number of hydrogen-bond donors (Lipinski definition) is 1. The van der Waals surface area contributed by atoms with E-state index in [2.05, 4.69) is 22.4 Å². The van der Waals surface area contributed by atoms with Gasteiger partial charge in [-0.25, -0.2) is 0 Å². The number of carbonyl (C=O) groups excluding carboxylic acids is 1. The van der Waals surface area contributed by atoms with Crippen LogP contribution in [-0.4, -0.2) is 24.0 Å². The number of nitrogens with zero attached hydrogens (tertiary/aromatic N) is 2. The number of likely N-dealkylation sites (N-methyl/N-ethyl adjacent to an activating group) is 1. The van der Waals surface area contributed by atoms with Gasteiger partial charge in [-0.15, -0.1) is 0 Å². The molecule has 2 unspecified atom stereocenters. The molecule has 4 heteroatoms. The van der Waals surface area contributed by atoms with E-state index >= 15 is 0 Å². The van der Waals surface area contributed by atoms with Crippen LogP contribution in [-0.2, 0) is 4.79 Å². The number of benzene rings is 1. The molecule has 1 amide bonds. The van der Waals surface area contributed by atoms with Crippen molar-refractivity contribution in [1.29, 1.82) is 0 Å². The van der Waals surface area contributed by atoms with Crippen LogP contribution in [0.2, 0.25) is 0 Å². The predicted molar refractivity (Wildman–Crippen MR) is 87.6 cm³/mol. The normalized spacial score (nSPS) is 22.4. The molecule has 2 atom stereocenters. The first-order valence-electron chi connectivity index (χ1n) is 7.76. The monoisotopic (exact) mass is 295 g/mol. The number of carbonyl (C=O) groups is 1. The molecule has 1 aromatic carbocycles. The molecule has 0 radical (unpaired) electrons. The first-order valence-corrected chi connectivity index (χ1v) is 7.76. The van der Waals surface area contributed by atoms with Gasteiger partial charge in [0.25, 0.3) is 0 Å². The minimum atomic E-state index is -0.123. The summed E-state index contributed by atoms with van der Waals surface area (Å²) in [5, 5.41) is 3.16. The van der Waals surface area contributed by atoms with Gasteiger partial charge in [0.1, 0.15) is 0 Å². The maximum absolute atomic E-state index is 13.0. The van der Waals surface area contributed by atoms with Crippen LogP contribution >= 0.6 is 0 Å². The number of pyridine rings is 1. The summed E-state index contributed by atoms with van der Waals surface area (Å²) in [7, 11) is 1.86. The van der Waals surface area contributed by atoms with Crippen molar-refractivity contribution in [3.8, 4) is 0 Å². The van der Waals surface area contributed by atoms with Crippen molar-refractivity contribution in [3.63, 3.8) is 0 Å². The molecule has 0 bridgehead atoms. The molecule has 1 aliphatic rings. The summed E-state index contributed by atoms with van der Waals surface area (Å²) in [5.74, 6) is 0.139. The zero-order valence-corrected chi connectivity index (χ0v) is 12.8. The highest BCUT2D eigenvalue weighted by molar-refractivity contribution is 5.98. The van der Waals surface area contributed by atoms with Crippen LogP contribution in [0, 0.1) is 0 Å². The Balaban J connectivity index is 2.04. The van der Waals surface area contributed by atoms with Crippen molar-refractivity contribution < 1.29 is 4.79 Å². The second-order valence-electron chi connectivity index (χ2n) is 5.61. The van der Waals surface area contributed by atoms with Crippen molar-refractivity contribution in [2.24, 2.45) is 0 Å². The van der Waals surface area contributed by atoms with E-state index in [4.69, 9.17) is 0 Å². The van der Waals surface area contributed by atoms with E-state index in [0.717, 1.165) is 24.9 Å². The Kier molecular flexibility index (Phi) is 4.49. The fraction of sp³-hybridized carbons (Fsp3) is 0.333. The Morgan fingerprint density at radius 1 is 1.09 bits per heavy atom. The van der Waals surface area contributed by atoms with E-state index in [1.54, 1.807) is 12.4 Å². The Labute approximate surface area is 131 Å². The number of nitrogens with one attached hydrogen (secondary N) is 1. The molecule has 1 aliphatic heterocycles. The molecule has 1 fully saturated rings. The largest absolute Gasteiger partial charge is 0.309 e. The van der Waals surface area contributed by atoms with E-state index in [1.807, 2.05) is 42.3 Å². The highest BCUT2D eigenvalue weighted by Gasteiger charge is 2.33. The number of rotatable bonds is 3. The van der Waals surface area contributed by atoms with Gasteiger partial charge in [-0.3, -0.25) is 9.78 Å². The van der Waals surface area contributed by atoms with Gasteiger partial charge in [-0.1, -0.05) is 30.3 Å². The summed E-state index contributed by atoms with van der Waals surface area (Å²) >= 11 is 0. The maximum Gasteiger partial charge on any atom is 0.244 e. The van der Waals surface area contributed by atoms with Gasteiger partial charge < -0.3 is 10.2 Å². The first kappa shape index (κ1) is 14.7. The third-order valence-electron chi connectivity index (χ3n) is 4.29. The predicted octanol–water partition coefficient (Wildman–Crippen LogP) is 2.93. The molecular formula is C18H21N3O. The van der Waals surface area contributed by atoms with Gasteiger partial charge in [0.15, 0.2) is 0 Å². The van der Waals surface area contributed by atoms with Crippen molar-refractivity contribution in [1.82, 2.24) is 10.3 Å². The van der Waals surface area contributed by atoms with E-state index in [-0.39, 0.29) is 18.0 Å². The SMILES string of the molecule is CNC1CCCC(c2ccccc2)N(c2ccncc2)C1=O. The fourth-order valence-electron chi connectivity index (χ4n) is 3.16. The first-order chi connectivity index (χ1) is 10.8. The maximum atomic E-state index is 13.0. The lowest BCUT2D eigenvalue weighted by Crippen LogP contribution is -2.45. The summed E-state index contributed by atoms with van der Waals surface area (Å²) < 4.78 is 0. The van der Waals surface area contributed by atoms with Crippen molar-refractivity contribution in [3.05, 3.63) is 60.4 Å². The zero-order chi connectivity index (χ0) is 15.4. The molecule has 2 heterocycles. The van der Waals surface area contributed by atoms with Gasteiger partial charge in [-0.05, 0) is 44.0 Å². The van der Waals surface area contributed by atoms with Gasteiger partial charge in [0.05, 0.1) is 12.1 Å². The molecule has 1 aromatic heterocycles. The fourth-order valence-corrected chi connectivity index (χ4v) is 3.16.